The van der Waals surface area contributed by atoms with Gasteiger partial charge >= 0.3 is 0 Å². The van der Waals surface area contributed by atoms with E-state index in [2.05, 4.69) is 17.2 Å². The molecule has 1 heterocycles. The summed E-state index contributed by atoms with van der Waals surface area (Å²) < 4.78 is 5.76. The number of nitrogens with zero attached hydrogens (tertiary/aromatic N) is 1. The summed E-state index contributed by atoms with van der Waals surface area (Å²) in [5.74, 6) is 0.610. The fourth-order valence-corrected chi connectivity index (χ4v) is 3.31. The zero-order valence-electron chi connectivity index (χ0n) is 14.8. The van der Waals surface area contributed by atoms with Crippen molar-refractivity contribution in [3.8, 4) is 16.3 Å². The van der Waals surface area contributed by atoms with Gasteiger partial charge in [-0.1, -0.05) is 55.8 Å². The lowest BCUT2D eigenvalue weighted by molar-refractivity contribution is -0.115. The van der Waals surface area contributed by atoms with Crippen molar-refractivity contribution in [1.82, 2.24) is 4.98 Å². The van der Waals surface area contributed by atoms with Crippen LogP contribution in [0.1, 0.15) is 25.5 Å². The van der Waals surface area contributed by atoms with E-state index in [9.17, 15) is 4.79 Å². The maximum absolute atomic E-state index is 12.4. The molecule has 5 heteroatoms. The molecule has 1 aromatic heterocycles. The van der Waals surface area contributed by atoms with Crippen LogP contribution in [0.5, 0.6) is 5.75 Å². The van der Waals surface area contributed by atoms with Gasteiger partial charge in [0.2, 0.25) is 5.91 Å². The Morgan fingerprint density at radius 2 is 1.88 bits per heavy atom. The van der Waals surface area contributed by atoms with Crippen molar-refractivity contribution in [3.63, 3.8) is 0 Å². The van der Waals surface area contributed by atoms with Crippen LogP contribution in [0.15, 0.2) is 60.0 Å². The molecule has 4 nitrogen and oxygen atoms in total. The van der Waals surface area contributed by atoms with Crippen LogP contribution in [0.25, 0.3) is 10.6 Å². The average Bonchev–Trinajstić information content (AvgIpc) is 3.12. The van der Waals surface area contributed by atoms with E-state index in [1.165, 1.54) is 0 Å². The highest BCUT2D eigenvalue weighted by Crippen LogP contribution is 2.26. The van der Waals surface area contributed by atoms with Crippen molar-refractivity contribution >= 4 is 22.9 Å². The van der Waals surface area contributed by atoms with Crippen LogP contribution in [0.3, 0.4) is 0 Å². The number of aromatic nitrogens is 1. The van der Waals surface area contributed by atoms with E-state index in [0.717, 1.165) is 29.1 Å². The SMILES string of the molecule is CCCCOc1ccccc1NC(=O)Cc1csc(-c2ccccc2)n1. The number of thiazole rings is 1. The smallest absolute Gasteiger partial charge is 0.230 e. The van der Waals surface area contributed by atoms with Gasteiger partial charge in [0.1, 0.15) is 10.8 Å². The van der Waals surface area contributed by atoms with Crippen LogP contribution in [0, 0.1) is 0 Å². The minimum absolute atomic E-state index is 0.0959. The first-order valence-corrected chi connectivity index (χ1v) is 9.65. The number of hydrogen-bond donors (Lipinski definition) is 1. The third-order valence-electron chi connectivity index (χ3n) is 3.83. The summed E-state index contributed by atoms with van der Waals surface area (Å²) in [6, 6.07) is 17.5. The van der Waals surface area contributed by atoms with Gasteiger partial charge in [0.05, 0.1) is 24.4 Å². The predicted octanol–water partition coefficient (Wildman–Crippen LogP) is 5.17. The summed E-state index contributed by atoms with van der Waals surface area (Å²) in [5.41, 5.74) is 2.54. The fraction of sp³-hybridized carbons (Fsp3) is 0.238. The van der Waals surface area contributed by atoms with Gasteiger partial charge in [0, 0.05) is 10.9 Å². The topological polar surface area (TPSA) is 51.2 Å². The van der Waals surface area contributed by atoms with E-state index in [0.29, 0.717) is 18.0 Å². The molecule has 1 N–H and O–H groups in total. The predicted molar refractivity (Wildman–Crippen MR) is 107 cm³/mol. The van der Waals surface area contributed by atoms with Crippen molar-refractivity contribution in [2.24, 2.45) is 0 Å². The van der Waals surface area contributed by atoms with Crippen molar-refractivity contribution in [1.29, 1.82) is 0 Å². The summed E-state index contributed by atoms with van der Waals surface area (Å²) in [7, 11) is 0. The van der Waals surface area contributed by atoms with E-state index in [1.807, 2.05) is 60.0 Å². The Morgan fingerprint density at radius 3 is 2.69 bits per heavy atom. The highest BCUT2D eigenvalue weighted by atomic mass is 32.1. The van der Waals surface area contributed by atoms with Gasteiger partial charge in [-0.3, -0.25) is 4.79 Å². The molecule has 3 rings (SSSR count). The number of nitrogens with one attached hydrogen (secondary N) is 1. The quantitative estimate of drug-likeness (QED) is 0.560. The lowest BCUT2D eigenvalue weighted by Gasteiger charge is -2.11. The summed E-state index contributed by atoms with van der Waals surface area (Å²) in [4.78, 5) is 17.0. The lowest BCUT2D eigenvalue weighted by atomic mass is 10.2. The molecule has 0 spiro atoms. The van der Waals surface area contributed by atoms with Gasteiger partial charge in [-0.2, -0.15) is 0 Å². The molecular formula is C21H22N2O2S. The molecule has 3 aromatic rings. The molecule has 134 valence electrons. The molecule has 0 bridgehead atoms. The van der Waals surface area contributed by atoms with Crippen LogP contribution >= 0.6 is 11.3 Å². The Balaban J connectivity index is 1.62. The Morgan fingerprint density at radius 1 is 1.12 bits per heavy atom. The molecule has 0 aliphatic rings. The maximum atomic E-state index is 12.4. The van der Waals surface area contributed by atoms with Gasteiger partial charge in [-0.15, -0.1) is 11.3 Å². The second-order valence-corrected chi connectivity index (χ2v) is 6.79. The summed E-state index contributed by atoms with van der Waals surface area (Å²) in [6.45, 7) is 2.77. The number of amides is 1. The molecule has 1 amide bonds. The number of rotatable bonds is 8. The number of carbonyl (C=O) groups excluding carboxylic acids is 1. The molecule has 0 saturated heterocycles. The minimum Gasteiger partial charge on any atom is -0.491 e. The molecule has 0 aliphatic heterocycles. The highest BCUT2D eigenvalue weighted by molar-refractivity contribution is 7.13. The van der Waals surface area contributed by atoms with E-state index in [1.54, 1.807) is 11.3 Å². The van der Waals surface area contributed by atoms with E-state index >= 15 is 0 Å². The molecule has 0 fully saturated rings. The monoisotopic (exact) mass is 366 g/mol. The fourth-order valence-electron chi connectivity index (χ4n) is 2.48. The van der Waals surface area contributed by atoms with Gasteiger partial charge in [-0.25, -0.2) is 4.98 Å². The Labute approximate surface area is 157 Å². The molecule has 0 saturated carbocycles. The van der Waals surface area contributed by atoms with Crippen LogP contribution in [-0.4, -0.2) is 17.5 Å². The first-order chi connectivity index (χ1) is 12.8. The number of para-hydroxylation sites is 2. The molecule has 2 aromatic carbocycles. The number of unbranched alkanes of at least 4 members (excludes halogenated alkanes) is 1. The zero-order chi connectivity index (χ0) is 18.2. The standard InChI is InChI=1S/C21H22N2O2S/c1-2-3-13-25-19-12-8-7-11-18(19)23-20(24)14-17-15-26-21(22-17)16-9-5-4-6-10-16/h4-12,15H,2-3,13-14H2,1H3,(H,23,24). The Hall–Kier alpha value is -2.66. The molecular weight excluding hydrogens is 344 g/mol. The number of anilines is 1. The summed E-state index contributed by atoms with van der Waals surface area (Å²) >= 11 is 1.55. The Bertz CT molecular complexity index is 846. The maximum Gasteiger partial charge on any atom is 0.230 e. The van der Waals surface area contributed by atoms with Crippen LogP contribution in [-0.2, 0) is 11.2 Å². The van der Waals surface area contributed by atoms with Crippen molar-refractivity contribution in [2.45, 2.75) is 26.2 Å². The van der Waals surface area contributed by atoms with Gasteiger partial charge < -0.3 is 10.1 Å². The largest absolute Gasteiger partial charge is 0.491 e. The molecule has 0 radical (unpaired) electrons. The third kappa shape index (κ3) is 4.92. The third-order valence-corrected chi connectivity index (χ3v) is 4.77. The molecule has 0 unspecified atom stereocenters. The zero-order valence-corrected chi connectivity index (χ0v) is 15.6. The molecule has 0 aliphatic carbocycles. The molecule has 0 atom stereocenters. The van der Waals surface area contributed by atoms with Crippen LogP contribution in [0.4, 0.5) is 5.69 Å². The van der Waals surface area contributed by atoms with Crippen molar-refractivity contribution in [3.05, 3.63) is 65.7 Å². The number of carbonyl (C=O) groups is 1. The van der Waals surface area contributed by atoms with Crippen molar-refractivity contribution < 1.29 is 9.53 Å². The minimum atomic E-state index is -0.0959. The highest BCUT2D eigenvalue weighted by Gasteiger charge is 2.11. The number of hydrogen-bond acceptors (Lipinski definition) is 4. The Kier molecular flexibility index (Phi) is 6.39. The average molecular weight is 366 g/mol. The van der Waals surface area contributed by atoms with E-state index in [-0.39, 0.29) is 12.3 Å². The van der Waals surface area contributed by atoms with E-state index < -0.39 is 0 Å². The van der Waals surface area contributed by atoms with Crippen molar-refractivity contribution in [2.75, 3.05) is 11.9 Å². The second-order valence-electron chi connectivity index (χ2n) is 5.93. The number of benzene rings is 2. The van der Waals surface area contributed by atoms with Gasteiger partial charge in [-0.05, 0) is 18.6 Å². The second kappa shape index (κ2) is 9.15. The van der Waals surface area contributed by atoms with Crippen LogP contribution < -0.4 is 10.1 Å². The number of ether oxygens (including phenoxy) is 1. The van der Waals surface area contributed by atoms with Crippen LogP contribution in [0.2, 0.25) is 0 Å². The normalized spacial score (nSPS) is 10.5. The van der Waals surface area contributed by atoms with Gasteiger partial charge in [0.15, 0.2) is 0 Å². The van der Waals surface area contributed by atoms with Gasteiger partial charge in [0.25, 0.3) is 0 Å². The lowest BCUT2D eigenvalue weighted by Crippen LogP contribution is -2.15. The summed E-state index contributed by atoms with van der Waals surface area (Å²) in [6.07, 6.45) is 2.30. The first kappa shape index (κ1) is 18.1. The first-order valence-electron chi connectivity index (χ1n) is 8.77. The molecule has 26 heavy (non-hydrogen) atoms. The van der Waals surface area contributed by atoms with E-state index in [4.69, 9.17) is 4.74 Å². The summed E-state index contributed by atoms with van der Waals surface area (Å²) in [5, 5.41) is 5.80.